The van der Waals surface area contributed by atoms with Gasteiger partial charge >= 0.3 is 0 Å². The van der Waals surface area contributed by atoms with Gasteiger partial charge in [0.05, 0.1) is 13.5 Å². The molecule has 102 valence electrons. The molecule has 20 heavy (non-hydrogen) atoms. The van der Waals surface area contributed by atoms with E-state index in [9.17, 15) is 4.79 Å². The fourth-order valence-electron chi connectivity index (χ4n) is 1.76. The second-order valence-electron chi connectivity index (χ2n) is 4.27. The Morgan fingerprint density at radius 1 is 1.10 bits per heavy atom. The zero-order valence-corrected chi connectivity index (χ0v) is 11.9. The number of carbonyl (C=O) groups excluding carboxylic acids is 1. The van der Waals surface area contributed by atoms with Crippen molar-refractivity contribution >= 4 is 23.1 Å². The molecule has 0 bridgehead atoms. The second kappa shape index (κ2) is 6.82. The smallest absolute Gasteiger partial charge is 0.229 e. The Balaban J connectivity index is 1.93. The summed E-state index contributed by atoms with van der Waals surface area (Å²) in [6, 6.07) is 16.8. The van der Waals surface area contributed by atoms with Gasteiger partial charge in [0.1, 0.15) is 10.7 Å². The molecule has 0 aromatic heterocycles. The number of benzene rings is 2. The molecule has 0 unspecified atom stereocenters. The first-order valence-corrected chi connectivity index (χ1v) is 6.62. The Hall–Kier alpha value is -2.20. The molecule has 0 atom stereocenters. The lowest BCUT2D eigenvalue weighted by Gasteiger charge is -2.07. The fraction of sp³-hybridized carbons (Fsp3) is 0.125. The maximum atomic E-state index is 11.9. The van der Waals surface area contributed by atoms with Crippen molar-refractivity contribution < 1.29 is 9.53 Å². The van der Waals surface area contributed by atoms with Crippen molar-refractivity contribution in [2.45, 2.75) is 6.42 Å². The Bertz CT molecular complexity index is 594. The van der Waals surface area contributed by atoms with Crippen LogP contribution >= 0.6 is 12.2 Å². The molecule has 0 heterocycles. The fourth-order valence-corrected chi connectivity index (χ4v) is 2.01. The number of methoxy groups -OCH3 is 1. The molecule has 1 N–H and O–H groups in total. The van der Waals surface area contributed by atoms with Gasteiger partial charge in [-0.3, -0.25) is 4.79 Å². The van der Waals surface area contributed by atoms with Crippen molar-refractivity contribution in [2.24, 2.45) is 0 Å². The molecule has 0 saturated carbocycles. The van der Waals surface area contributed by atoms with Gasteiger partial charge in [-0.2, -0.15) is 0 Å². The average molecular weight is 285 g/mol. The van der Waals surface area contributed by atoms with E-state index in [0.29, 0.717) is 4.99 Å². The minimum absolute atomic E-state index is 0.121. The van der Waals surface area contributed by atoms with Gasteiger partial charge in [-0.15, -0.1) is 0 Å². The molecule has 0 saturated heterocycles. The van der Waals surface area contributed by atoms with Crippen LogP contribution in [0, 0.1) is 0 Å². The molecule has 0 aliphatic rings. The predicted octanol–water partition coefficient (Wildman–Crippen LogP) is 2.73. The summed E-state index contributed by atoms with van der Waals surface area (Å²) in [6.45, 7) is 0. The third-order valence-electron chi connectivity index (χ3n) is 2.81. The van der Waals surface area contributed by atoms with Gasteiger partial charge in [0.2, 0.25) is 5.91 Å². The lowest BCUT2D eigenvalue weighted by Crippen LogP contribution is -2.30. The maximum Gasteiger partial charge on any atom is 0.229 e. The van der Waals surface area contributed by atoms with Gasteiger partial charge in [-0.05, 0) is 17.7 Å². The van der Waals surface area contributed by atoms with Crippen molar-refractivity contribution in [3.8, 4) is 5.75 Å². The number of hydrogen-bond acceptors (Lipinski definition) is 3. The highest BCUT2D eigenvalue weighted by Gasteiger charge is 2.07. The number of nitrogens with one attached hydrogen (secondary N) is 1. The normalized spacial score (nSPS) is 9.85. The van der Waals surface area contributed by atoms with Gasteiger partial charge in [0.15, 0.2) is 0 Å². The van der Waals surface area contributed by atoms with E-state index in [1.807, 2.05) is 54.6 Å². The third kappa shape index (κ3) is 3.90. The number of amides is 1. The number of hydrogen-bond donors (Lipinski definition) is 1. The zero-order valence-electron chi connectivity index (χ0n) is 11.1. The van der Waals surface area contributed by atoms with Crippen LogP contribution in [0.25, 0.3) is 0 Å². The highest BCUT2D eigenvalue weighted by Crippen LogP contribution is 2.11. The average Bonchev–Trinajstić information content (AvgIpc) is 2.49. The quantitative estimate of drug-likeness (QED) is 0.878. The van der Waals surface area contributed by atoms with Gasteiger partial charge < -0.3 is 10.1 Å². The highest BCUT2D eigenvalue weighted by molar-refractivity contribution is 7.80. The summed E-state index contributed by atoms with van der Waals surface area (Å²) in [5, 5.41) is 2.73. The molecule has 3 nitrogen and oxygen atoms in total. The molecule has 2 aromatic carbocycles. The van der Waals surface area contributed by atoms with Crippen molar-refractivity contribution in [3.05, 3.63) is 65.7 Å². The molecule has 2 aromatic rings. The van der Waals surface area contributed by atoms with Crippen LogP contribution in [0.1, 0.15) is 11.1 Å². The topological polar surface area (TPSA) is 38.3 Å². The molecular weight excluding hydrogens is 270 g/mol. The van der Waals surface area contributed by atoms with Gasteiger partial charge in [-0.25, -0.2) is 0 Å². The molecular formula is C16H15NO2S. The van der Waals surface area contributed by atoms with E-state index in [2.05, 4.69) is 5.32 Å². The first kappa shape index (κ1) is 14.2. The Kier molecular flexibility index (Phi) is 4.85. The van der Waals surface area contributed by atoms with E-state index in [0.717, 1.165) is 16.9 Å². The first-order chi connectivity index (χ1) is 9.69. The van der Waals surface area contributed by atoms with Crippen LogP contribution in [-0.4, -0.2) is 18.0 Å². The van der Waals surface area contributed by atoms with Crippen LogP contribution in [0.3, 0.4) is 0 Å². The Morgan fingerprint density at radius 2 is 1.75 bits per heavy atom. The minimum atomic E-state index is -0.121. The summed E-state index contributed by atoms with van der Waals surface area (Å²) in [7, 11) is 1.61. The molecule has 0 aliphatic heterocycles. The van der Waals surface area contributed by atoms with Crippen LogP contribution in [0.2, 0.25) is 0 Å². The molecule has 4 heteroatoms. The summed E-state index contributed by atoms with van der Waals surface area (Å²) in [5.74, 6) is 0.651. The largest absolute Gasteiger partial charge is 0.497 e. The van der Waals surface area contributed by atoms with Crippen LogP contribution in [0.15, 0.2) is 54.6 Å². The number of thiocarbonyl (C=S) groups is 1. The summed E-state index contributed by atoms with van der Waals surface area (Å²) in [5.41, 5.74) is 1.75. The highest BCUT2D eigenvalue weighted by atomic mass is 32.1. The van der Waals surface area contributed by atoms with E-state index in [1.54, 1.807) is 7.11 Å². The van der Waals surface area contributed by atoms with Crippen molar-refractivity contribution in [1.82, 2.24) is 5.32 Å². The van der Waals surface area contributed by atoms with E-state index in [4.69, 9.17) is 17.0 Å². The minimum Gasteiger partial charge on any atom is -0.497 e. The molecule has 0 aliphatic carbocycles. The van der Waals surface area contributed by atoms with Crippen LogP contribution in [0.5, 0.6) is 5.75 Å². The van der Waals surface area contributed by atoms with E-state index >= 15 is 0 Å². The number of ether oxygens (including phenoxy) is 1. The zero-order chi connectivity index (χ0) is 14.4. The first-order valence-electron chi connectivity index (χ1n) is 6.21. The Labute approximate surface area is 123 Å². The van der Waals surface area contributed by atoms with Gasteiger partial charge in [0, 0.05) is 5.56 Å². The predicted molar refractivity (Wildman–Crippen MR) is 83.0 cm³/mol. The summed E-state index contributed by atoms with van der Waals surface area (Å²) >= 11 is 5.20. The van der Waals surface area contributed by atoms with Crippen molar-refractivity contribution in [2.75, 3.05) is 7.11 Å². The summed E-state index contributed by atoms with van der Waals surface area (Å²) in [4.78, 5) is 12.4. The SMILES string of the molecule is COc1ccc(CC(=O)NC(=S)c2ccccc2)cc1. The second-order valence-corrected chi connectivity index (χ2v) is 4.68. The molecule has 0 radical (unpaired) electrons. The van der Waals surface area contributed by atoms with Crippen molar-refractivity contribution in [1.29, 1.82) is 0 Å². The van der Waals surface area contributed by atoms with E-state index < -0.39 is 0 Å². The van der Waals surface area contributed by atoms with E-state index in [1.165, 1.54) is 0 Å². The molecule has 2 rings (SSSR count). The number of carbonyl (C=O) groups is 1. The molecule has 1 amide bonds. The lowest BCUT2D eigenvalue weighted by atomic mass is 10.1. The van der Waals surface area contributed by atoms with Crippen molar-refractivity contribution in [3.63, 3.8) is 0 Å². The van der Waals surface area contributed by atoms with Crippen LogP contribution < -0.4 is 10.1 Å². The Morgan fingerprint density at radius 3 is 2.35 bits per heavy atom. The molecule has 0 spiro atoms. The standard InChI is InChI=1S/C16H15NO2S/c1-19-14-9-7-12(8-10-14)11-15(18)17-16(20)13-5-3-2-4-6-13/h2-10H,11H2,1H3,(H,17,18,20). The third-order valence-corrected chi connectivity index (χ3v) is 3.15. The van der Waals surface area contributed by atoms with Crippen LogP contribution in [-0.2, 0) is 11.2 Å². The van der Waals surface area contributed by atoms with Gasteiger partial charge in [-0.1, -0.05) is 54.7 Å². The number of rotatable bonds is 4. The lowest BCUT2D eigenvalue weighted by molar-refractivity contribution is -0.119. The monoisotopic (exact) mass is 285 g/mol. The van der Waals surface area contributed by atoms with Crippen LogP contribution in [0.4, 0.5) is 0 Å². The summed E-state index contributed by atoms with van der Waals surface area (Å²) < 4.78 is 5.08. The van der Waals surface area contributed by atoms with E-state index in [-0.39, 0.29) is 12.3 Å². The maximum absolute atomic E-state index is 11.9. The molecule has 0 fully saturated rings. The summed E-state index contributed by atoms with van der Waals surface area (Å²) in [6.07, 6.45) is 0.289. The van der Waals surface area contributed by atoms with Gasteiger partial charge in [0.25, 0.3) is 0 Å².